The van der Waals surface area contributed by atoms with Gasteiger partial charge in [0, 0.05) is 22.8 Å². The van der Waals surface area contributed by atoms with Crippen molar-refractivity contribution in [3.63, 3.8) is 0 Å². The van der Waals surface area contributed by atoms with Crippen molar-refractivity contribution in [1.82, 2.24) is 0 Å². The number of carbonyl (C=O) groups is 2. The highest BCUT2D eigenvalue weighted by molar-refractivity contribution is 5.84. The summed E-state index contributed by atoms with van der Waals surface area (Å²) in [7, 11) is 1.62. The number of aliphatic imine (C=N–C) groups is 3. The Balaban J connectivity index is 0.000000176. The minimum absolute atomic E-state index is 0.0211. The fourth-order valence-corrected chi connectivity index (χ4v) is 5.96. The zero-order chi connectivity index (χ0) is 44.4. The van der Waals surface area contributed by atoms with Gasteiger partial charge in [-0.2, -0.15) is 0 Å². The van der Waals surface area contributed by atoms with Crippen LogP contribution in [0.2, 0.25) is 0 Å². The molecule has 1 unspecified atom stereocenters. The molecule has 0 N–H and O–H groups in total. The Labute approximate surface area is 360 Å². The van der Waals surface area contributed by atoms with Gasteiger partial charge in [-0.05, 0) is 100 Å². The summed E-state index contributed by atoms with van der Waals surface area (Å²) >= 11 is 0. The summed E-state index contributed by atoms with van der Waals surface area (Å²) < 4.78 is 22.4. The summed E-state index contributed by atoms with van der Waals surface area (Å²) in [4.78, 5) is 44.7. The summed E-state index contributed by atoms with van der Waals surface area (Å²) in [5.41, 5.74) is 5.47. The number of nitro groups is 1. The first-order valence-corrected chi connectivity index (χ1v) is 19.7. The topological polar surface area (TPSA) is 163 Å². The summed E-state index contributed by atoms with van der Waals surface area (Å²) in [6, 6.07) is 42.3. The van der Waals surface area contributed by atoms with Crippen LogP contribution in [-0.2, 0) is 9.59 Å². The van der Waals surface area contributed by atoms with Gasteiger partial charge in [-0.3, -0.25) is 34.7 Å². The van der Waals surface area contributed by atoms with E-state index in [1.54, 1.807) is 44.7 Å². The number of methoxy groups -OCH3 is 1. The number of para-hydroxylation sites is 1. The molecule has 0 amide bonds. The van der Waals surface area contributed by atoms with E-state index in [0.29, 0.717) is 28.6 Å². The number of Topliss-reactive ketones (excluding diaryl/α,β-unsaturated/α-hetero) is 2. The first-order chi connectivity index (χ1) is 29.9. The number of ether oxygens (including phenoxy) is 1. The van der Waals surface area contributed by atoms with E-state index >= 15 is 0 Å². The zero-order valence-electron chi connectivity index (χ0n) is 35.5. The summed E-state index contributed by atoms with van der Waals surface area (Å²) in [5, 5.41) is 10.9. The molecule has 1 atom stereocenters. The standard InChI is InChI=1S/C19H17NO.C16H16N2O4.C15H15NO3/c1-15(16-8-4-2-5-9-16)20-14-18-12-13-19(21-18)17-10-6-3-7-11-17;1-10(19)8-17-9-13-4-7-16(22-13)14-5-6-15(18(20)21)12(3)11(14)2;1-11(17)9-16-10-12-7-8-15(19-12)13-5-3-4-6-14(13)18-2/h2-15H,1H3;4-7,9H,8H2,1-3H3;3-8,10H,9H2,1-2H3. The second-order valence-electron chi connectivity index (χ2n) is 14.0. The molecule has 12 heteroatoms. The number of rotatable bonds is 14. The molecule has 316 valence electrons. The van der Waals surface area contributed by atoms with Gasteiger partial charge in [0.1, 0.15) is 40.3 Å². The van der Waals surface area contributed by atoms with Crippen LogP contribution < -0.4 is 4.74 Å². The number of hydrogen-bond acceptors (Lipinski definition) is 11. The van der Waals surface area contributed by atoms with Gasteiger partial charge in [0.25, 0.3) is 5.69 Å². The predicted molar refractivity (Wildman–Crippen MR) is 244 cm³/mol. The molecule has 7 aromatic rings. The van der Waals surface area contributed by atoms with E-state index in [1.165, 1.54) is 31.7 Å². The molecule has 0 radical (unpaired) electrons. The monoisotopic (exact) mass is 832 g/mol. The number of furan rings is 3. The average molecular weight is 833 g/mol. The van der Waals surface area contributed by atoms with E-state index in [2.05, 4.69) is 34.0 Å². The van der Waals surface area contributed by atoms with Crippen molar-refractivity contribution in [3.05, 3.63) is 178 Å². The number of ketones is 2. The van der Waals surface area contributed by atoms with E-state index in [4.69, 9.17) is 18.0 Å². The lowest BCUT2D eigenvalue weighted by Gasteiger charge is -2.06. The molecule has 62 heavy (non-hydrogen) atoms. The second kappa shape index (κ2) is 22.6. The SMILES string of the molecule is CC(=O)CN=Cc1ccc(-c2ccc([N+](=O)[O-])c(C)c2C)o1.CC(N=Cc1ccc(-c2ccccc2)o1)c1ccccc1.COc1ccccc1-c1ccc(C=NCC(C)=O)o1. The van der Waals surface area contributed by atoms with E-state index in [1.807, 2.05) is 104 Å². The third kappa shape index (κ3) is 13.1. The van der Waals surface area contributed by atoms with Crippen molar-refractivity contribution in [2.45, 2.75) is 40.7 Å². The normalized spacial score (nSPS) is 11.5. The van der Waals surface area contributed by atoms with Crippen molar-refractivity contribution in [1.29, 1.82) is 0 Å². The molecule has 3 heterocycles. The molecule has 0 bridgehead atoms. The number of hydrogen-bond donors (Lipinski definition) is 0. The zero-order valence-corrected chi connectivity index (χ0v) is 35.5. The quantitative estimate of drug-likeness (QED) is 0.0594. The van der Waals surface area contributed by atoms with Crippen LogP contribution in [0.15, 0.2) is 162 Å². The first kappa shape index (κ1) is 45.4. The number of carbonyl (C=O) groups excluding carboxylic acids is 2. The highest BCUT2D eigenvalue weighted by atomic mass is 16.6. The van der Waals surface area contributed by atoms with E-state index in [0.717, 1.165) is 39.5 Å². The molecular formula is C50H48N4O8. The maximum atomic E-state index is 10.9. The maximum Gasteiger partial charge on any atom is 0.272 e. The Morgan fingerprint density at radius 2 is 1.13 bits per heavy atom. The van der Waals surface area contributed by atoms with Gasteiger partial charge in [-0.15, -0.1) is 0 Å². The van der Waals surface area contributed by atoms with Gasteiger partial charge >= 0.3 is 0 Å². The lowest BCUT2D eigenvalue weighted by molar-refractivity contribution is -0.385. The Kier molecular flexibility index (Phi) is 16.5. The van der Waals surface area contributed by atoms with E-state index in [9.17, 15) is 19.7 Å². The lowest BCUT2D eigenvalue weighted by Crippen LogP contribution is -1.95. The molecule has 7 rings (SSSR count). The Bertz CT molecular complexity index is 2650. The minimum atomic E-state index is -0.395. The highest BCUT2D eigenvalue weighted by Gasteiger charge is 2.17. The highest BCUT2D eigenvalue weighted by Crippen LogP contribution is 2.32. The Hall–Kier alpha value is -7.73. The smallest absolute Gasteiger partial charge is 0.272 e. The second-order valence-corrected chi connectivity index (χ2v) is 14.0. The Morgan fingerprint density at radius 1 is 0.629 bits per heavy atom. The molecule has 0 saturated heterocycles. The number of nitrogens with zero attached hydrogens (tertiary/aromatic N) is 4. The van der Waals surface area contributed by atoms with E-state index < -0.39 is 4.92 Å². The first-order valence-electron chi connectivity index (χ1n) is 19.7. The van der Waals surface area contributed by atoms with Crippen molar-refractivity contribution in [2.24, 2.45) is 15.0 Å². The van der Waals surface area contributed by atoms with Gasteiger partial charge in [0.2, 0.25) is 0 Å². The minimum Gasteiger partial charge on any atom is -0.496 e. The maximum absolute atomic E-state index is 10.9. The summed E-state index contributed by atoms with van der Waals surface area (Å²) in [6.07, 6.45) is 4.85. The molecular weight excluding hydrogens is 785 g/mol. The van der Waals surface area contributed by atoms with Crippen LogP contribution in [0.25, 0.3) is 34.0 Å². The van der Waals surface area contributed by atoms with Gasteiger partial charge in [-0.25, -0.2) is 0 Å². The molecule has 0 aliphatic rings. The molecule has 0 saturated carbocycles. The van der Waals surface area contributed by atoms with Gasteiger partial charge in [0.15, 0.2) is 11.6 Å². The van der Waals surface area contributed by atoms with Gasteiger partial charge in [0.05, 0.1) is 55.4 Å². The van der Waals surface area contributed by atoms with Crippen molar-refractivity contribution in [3.8, 4) is 39.7 Å². The third-order valence-corrected chi connectivity index (χ3v) is 9.30. The molecule has 0 spiro atoms. The van der Waals surface area contributed by atoms with Crippen LogP contribution in [0.1, 0.15) is 60.8 Å². The van der Waals surface area contributed by atoms with Crippen LogP contribution in [0.4, 0.5) is 5.69 Å². The van der Waals surface area contributed by atoms with Crippen LogP contribution in [0.5, 0.6) is 5.75 Å². The van der Waals surface area contributed by atoms with Crippen LogP contribution >= 0.6 is 0 Å². The molecule has 12 nitrogen and oxygen atoms in total. The van der Waals surface area contributed by atoms with Crippen LogP contribution in [0, 0.1) is 24.0 Å². The summed E-state index contributed by atoms with van der Waals surface area (Å²) in [6.45, 7) is 8.87. The Morgan fingerprint density at radius 3 is 1.69 bits per heavy atom. The van der Waals surface area contributed by atoms with Crippen LogP contribution in [-0.4, -0.2) is 55.3 Å². The fraction of sp³-hybridized carbons (Fsp3) is 0.180. The molecule has 0 aliphatic heterocycles. The predicted octanol–water partition coefficient (Wildman–Crippen LogP) is 11.6. The third-order valence-electron chi connectivity index (χ3n) is 9.30. The van der Waals surface area contributed by atoms with Crippen LogP contribution in [0.3, 0.4) is 0 Å². The lowest BCUT2D eigenvalue weighted by atomic mass is 10.00. The number of benzene rings is 4. The van der Waals surface area contributed by atoms with Crippen molar-refractivity contribution < 1.29 is 32.5 Å². The van der Waals surface area contributed by atoms with Crippen molar-refractivity contribution >= 4 is 35.9 Å². The fourth-order valence-electron chi connectivity index (χ4n) is 5.96. The van der Waals surface area contributed by atoms with Gasteiger partial charge in [-0.1, -0.05) is 72.8 Å². The average Bonchev–Trinajstić information content (AvgIpc) is 4.07. The summed E-state index contributed by atoms with van der Waals surface area (Å²) in [5.74, 6) is 4.86. The van der Waals surface area contributed by atoms with Gasteiger partial charge < -0.3 is 18.0 Å². The molecule has 3 aromatic heterocycles. The molecule has 0 fully saturated rings. The van der Waals surface area contributed by atoms with E-state index in [-0.39, 0.29) is 36.4 Å². The molecule has 0 aliphatic carbocycles. The largest absolute Gasteiger partial charge is 0.496 e. The molecule has 4 aromatic carbocycles. The number of nitro benzene ring substituents is 1. The van der Waals surface area contributed by atoms with Crippen molar-refractivity contribution in [2.75, 3.05) is 20.2 Å².